The van der Waals surface area contributed by atoms with Crippen LogP contribution in [0, 0.1) is 5.82 Å². The summed E-state index contributed by atoms with van der Waals surface area (Å²) in [5.41, 5.74) is 0.384. The number of esters is 1. The molecule has 1 aliphatic heterocycles. The number of carbonyl (C=O) groups is 2. The third kappa shape index (κ3) is 5.08. The van der Waals surface area contributed by atoms with E-state index in [1.807, 2.05) is 13.8 Å². The monoisotopic (exact) mass is 407 g/mol. The molecule has 29 heavy (non-hydrogen) atoms. The standard InChI is InChI=1S/C19H22FN3O6/c1-11-8-22(9-12(2)27-11)18(25)13(3)28-16(24)10-23-19(26)29-17(21-23)14-4-6-15(20)7-5-14/h4-7,11-13H,8-10H2,1-3H3. The molecule has 1 aromatic carbocycles. The predicted molar refractivity (Wildman–Crippen MR) is 98.3 cm³/mol. The zero-order valence-corrected chi connectivity index (χ0v) is 16.3. The minimum atomic E-state index is -1.01. The van der Waals surface area contributed by atoms with E-state index < -0.39 is 30.2 Å². The van der Waals surface area contributed by atoms with Crippen molar-refractivity contribution in [3.05, 3.63) is 40.6 Å². The molecule has 0 bridgehead atoms. The van der Waals surface area contributed by atoms with Crippen molar-refractivity contribution in [2.24, 2.45) is 0 Å². The van der Waals surface area contributed by atoms with Gasteiger partial charge in [0.2, 0.25) is 5.89 Å². The highest BCUT2D eigenvalue weighted by atomic mass is 19.1. The number of hydrogen-bond donors (Lipinski definition) is 0. The maximum atomic E-state index is 13.0. The number of hydrogen-bond acceptors (Lipinski definition) is 7. The van der Waals surface area contributed by atoms with E-state index in [9.17, 15) is 18.8 Å². The lowest BCUT2D eigenvalue weighted by Gasteiger charge is -2.36. The fourth-order valence-corrected chi connectivity index (χ4v) is 3.14. The molecule has 10 heteroatoms. The summed E-state index contributed by atoms with van der Waals surface area (Å²) in [5, 5.41) is 3.91. The molecular weight excluding hydrogens is 385 g/mol. The molecule has 1 aliphatic rings. The lowest BCUT2D eigenvalue weighted by Crippen LogP contribution is -2.51. The van der Waals surface area contributed by atoms with Crippen LogP contribution in [0.2, 0.25) is 0 Å². The van der Waals surface area contributed by atoms with Crippen LogP contribution in [0.3, 0.4) is 0 Å². The third-order valence-electron chi connectivity index (χ3n) is 4.36. The maximum Gasteiger partial charge on any atom is 0.437 e. The van der Waals surface area contributed by atoms with Gasteiger partial charge in [-0.1, -0.05) is 0 Å². The summed E-state index contributed by atoms with van der Waals surface area (Å²) in [6, 6.07) is 5.19. The van der Waals surface area contributed by atoms with Gasteiger partial charge in [-0.05, 0) is 45.0 Å². The second kappa shape index (κ2) is 8.56. The minimum Gasteiger partial charge on any atom is -0.451 e. The van der Waals surface area contributed by atoms with E-state index in [2.05, 4.69) is 5.10 Å². The van der Waals surface area contributed by atoms with Crippen LogP contribution in [0.4, 0.5) is 4.39 Å². The Balaban J connectivity index is 1.61. The van der Waals surface area contributed by atoms with Crippen LogP contribution in [0.25, 0.3) is 11.5 Å². The zero-order valence-electron chi connectivity index (χ0n) is 16.3. The molecule has 0 aliphatic carbocycles. The Bertz CT molecular complexity index is 928. The first-order chi connectivity index (χ1) is 13.7. The molecule has 2 aromatic rings. The third-order valence-corrected chi connectivity index (χ3v) is 4.36. The molecule has 1 fully saturated rings. The maximum absolute atomic E-state index is 13.0. The number of amides is 1. The first-order valence-corrected chi connectivity index (χ1v) is 9.20. The largest absolute Gasteiger partial charge is 0.451 e. The molecule has 3 unspecified atom stereocenters. The number of nitrogens with zero attached hydrogens (tertiary/aromatic N) is 3. The second-order valence-corrected chi connectivity index (χ2v) is 6.97. The van der Waals surface area contributed by atoms with Crippen molar-refractivity contribution < 1.29 is 27.9 Å². The van der Waals surface area contributed by atoms with Crippen LogP contribution in [0.15, 0.2) is 33.5 Å². The second-order valence-electron chi connectivity index (χ2n) is 6.97. The average molecular weight is 407 g/mol. The van der Waals surface area contributed by atoms with Crippen LogP contribution in [0.5, 0.6) is 0 Å². The van der Waals surface area contributed by atoms with Gasteiger partial charge in [-0.15, -0.1) is 5.10 Å². The molecule has 0 radical (unpaired) electrons. The minimum absolute atomic E-state index is 0.0526. The average Bonchev–Trinajstić information content (AvgIpc) is 3.01. The number of rotatable bonds is 5. The van der Waals surface area contributed by atoms with Crippen LogP contribution in [0.1, 0.15) is 20.8 Å². The molecule has 156 valence electrons. The molecule has 2 heterocycles. The number of aromatic nitrogens is 2. The van der Waals surface area contributed by atoms with Gasteiger partial charge in [-0.3, -0.25) is 9.59 Å². The first kappa shape index (κ1) is 20.7. The van der Waals surface area contributed by atoms with E-state index in [-0.39, 0.29) is 24.0 Å². The molecule has 0 saturated carbocycles. The smallest absolute Gasteiger partial charge is 0.437 e. The Morgan fingerprint density at radius 3 is 2.48 bits per heavy atom. The van der Waals surface area contributed by atoms with E-state index >= 15 is 0 Å². The molecule has 1 saturated heterocycles. The Hall–Kier alpha value is -3.01. The first-order valence-electron chi connectivity index (χ1n) is 9.20. The summed E-state index contributed by atoms with van der Waals surface area (Å²) < 4.78 is 29.5. The molecular formula is C19H22FN3O6. The van der Waals surface area contributed by atoms with E-state index in [1.165, 1.54) is 31.2 Å². The topological polar surface area (TPSA) is 104 Å². The normalized spacial score (nSPS) is 20.3. The van der Waals surface area contributed by atoms with Gasteiger partial charge in [-0.2, -0.15) is 4.68 Å². The van der Waals surface area contributed by atoms with Gasteiger partial charge in [-0.25, -0.2) is 9.18 Å². The van der Waals surface area contributed by atoms with Gasteiger partial charge in [0.25, 0.3) is 5.91 Å². The summed E-state index contributed by atoms with van der Waals surface area (Å²) >= 11 is 0. The summed E-state index contributed by atoms with van der Waals surface area (Å²) in [6.07, 6.45) is -1.23. The molecule has 1 aromatic heterocycles. The van der Waals surface area contributed by atoms with E-state index in [0.717, 1.165) is 4.68 Å². The van der Waals surface area contributed by atoms with Crippen molar-refractivity contribution in [3.8, 4) is 11.5 Å². The quantitative estimate of drug-likeness (QED) is 0.686. The van der Waals surface area contributed by atoms with Crippen molar-refractivity contribution in [3.63, 3.8) is 0 Å². The highest BCUT2D eigenvalue weighted by Crippen LogP contribution is 2.16. The fourth-order valence-electron chi connectivity index (χ4n) is 3.14. The number of ether oxygens (including phenoxy) is 2. The zero-order chi connectivity index (χ0) is 21.1. The molecule has 0 spiro atoms. The molecule has 1 amide bonds. The summed E-state index contributed by atoms with van der Waals surface area (Å²) in [5.74, 6) is -2.50. The van der Waals surface area contributed by atoms with E-state index in [0.29, 0.717) is 18.7 Å². The lowest BCUT2D eigenvalue weighted by molar-refractivity contribution is -0.165. The van der Waals surface area contributed by atoms with Crippen molar-refractivity contribution >= 4 is 11.9 Å². The van der Waals surface area contributed by atoms with E-state index in [4.69, 9.17) is 13.9 Å². The Morgan fingerprint density at radius 2 is 1.86 bits per heavy atom. The predicted octanol–water partition coefficient (Wildman–Crippen LogP) is 1.21. The Morgan fingerprint density at radius 1 is 1.24 bits per heavy atom. The molecule has 3 rings (SSSR count). The van der Waals surface area contributed by atoms with Crippen LogP contribution >= 0.6 is 0 Å². The molecule has 3 atom stereocenters. The van der Waals surface area contributed by atoms with Gasteiger partial charge in [0.05, 0.1) is 12.2 Å². The van der Waals surface area contributed by atoms with Crippen molar-refractivity contribution in [2.45, 2.75) is 45.6 Å². The van der Waals surface area contributed by atoms with Gasteiger partial charge in [0.1, 0.15) is 12.4 Å². The Kier molecular flexibility index (Phi) is 6.12. The molecule has 0 N–H and O–H groups in total. The van der Waals surface area contributed by atoms with Crippen molar-refractivity contribution in [1.29, 1.82) is 0 Å². The number of morpholine rings is 1. The van der Waals surface area contributed by atoms with Crippen molar-refractivity contribution in [2.75, 3.05) is 13.1 Å². The lowest BCUT2D eigenvalue weighted by atomic mass is 10.2. The SMILES string of the molecule is CC1CN(C(=O)C(C)OC(=O)Cn2nc(-c3ccc(F)cc3)oc2=O)CC(C)O1. The Labute approximate surface area is 166 Å². The number of carbonyl (C=O) groups excluding carboxylic acids is 2. The van der Waals surface area contributed by atoms with E-state index in [1.54, 1.807) is 4.90 Å². The van der Waals surface area contributed by atoms with Gasteiger partial charge in [0.15, 0.2) is 6.10 Å². The number of benzene rings is 1. The summed E-state index contributed by atoms with van der Waals surface area (Å²) in [6.45, 7) is 5.51. The summed E-state index contributed by atoms with van der Waals surface area (Å²) in [7, 11) is 0. The van der Waals surface area contributed by atoms with Gasteiger partial charge >= 0.3 is 11.7 Å². The van der Waals surface area contributed by atoms with Crippen molar-refractivity contribution in [1.82, 2.24) is 14.7 Å². The highest BCUT2D eigenvalue weighted by Gasteiger charge is 2.30. The number of halogens is 1. The summed E-state index contributed by atoms with van der Waals surface area (Å²) in [4.78, 5) is 38.2. The van der Waals surface area contributed by atoms with Crippen LogP contribution in [-0.2, 0) is 25.6 Å². The fraction of sp³-hybridized carbons (Fsp3) is 0.474. The highest BCUT2D eigenvalue weighted by molar-refractivity contribution is 5.83. The van der Waals surface area contributed by atoms with Crippen LogP contribution < -0.4 is 5.76 Å². The van der Waals surface area contributed by atoms with Gasteiger partial charge < -0.3 is 18.8 Å². The van der Waals surface area contributed by atoms with Crippen LogP contribution in [-0.4, -0.2) is 58.0 Å². The van der Waals surface area contributed by atoms with Gasteiger partial charge in [0, 0.05) is 18.7 Å². The molecule has 9 nitrogen and oxygen atoms in total.